The molecule has 1 aliphatic carbocycles. The summed E-state index contributed by atoms with van der Waals surface area (Å²) in [6.45, 7) is 1.97. The topological polar surface area (TPSA) is 68.0 Å². The third-order valence-electron chi connectivity index (χ3n) is 3.65. The number of hydrogen-bond donors (Lipinski definition) is 2. The zero-order valence-corrected chi connectivity index (χ0v) is 11.7. The number of anilines is 1. The molecule has 1 aromatic carbocycles. The van der Waals surface area contributed by atoms with Crippen LogP contribution >= 0.6 is 11.3 Å². The van der Waals surface area contributed by atoms with Gasteiger partial charge in [-0.1, -0.05) is 24.2 Å². The Morgan fingerprint density at radius 2 is 2.16 bits per heavy atom. The minimum Gasteiger partial charge on any atom is -0.375 e. The van der Waals surface area contributed by atoms with E-state index in [9.17, 15) is 4.79 Å². The van der Waals surface area contributed by atoms with Gasteiger partial charge in [-0.15, -0.1) is 0 Å². The largest absolute Gasteiger partial charge is 0.375 e. The van der Waals surface area contributed by atoms with Crippen LogP contribution in [0.3, 0.4) is 0 Å². The molecule has 0 aliphatic heterocycles. The molecule has 5 heteroatoms. The van der Waals surface area contributed by atoms with E-state index in [1.807, 2.05) is 19.1 Å². The van der Waals surface area contributed by atoms with Gasteiger partial charge in [0, 0.05) is 11.6 Å². The lowest BCUT2D eigenvalue weighted by molar-refractivity contribution is 0.0938. The average molecular weight is 275 g/mol. The number of fused-ring (bicyclic) bond motifs is 1. The Bertz CT molecular complexity index is 629. The molecule has 1 heterocycles. The van der Waals surface area contributed by atoms with Crippen molar-refractivity contribution in [2.75, 3.05) is 5.73 Å². The first-order chi connectivity index (χ1) is 9.13. The first-order valence-electron chi connectivity index (χ1n) is 6.61. The van der Waals surface area contributed by atoms with Crippen LogP contribution < -0.4 is 11.1 Å². The van der Waals surface area contributed by atoms with Crippen molar-refractivity contribution in [3.63, 3.8) is 0 Å². The molecular weight excluding hydrogens is 258 g/mol. The normalized spacial score (nSPS) is 16.1. The number of nitrogens with one attached hydrogen (secondary N) is 1. The molecule has 1 saturated carbocycles. The highest BCUT2D eigenvalue weighted by Crippen LogP contribution is 2.28. The molecule has 0 bridgehead atoms. The quantitative estimate of drug-likeness (QED) is 0.885. The van der Waals surface area contributed by atoms with E-state index in [2.05, 4.69) is 10.3 Å². The number of thiazole rings is 1. The molecular formula is C14H17N3OS. The van der Waals surface area contributed by atoms with Crippen LogP contribution in [0.15, 0.2) is 12.1 Å². The molecule has 0 unspecified atom stereocenters. The molecule has 1 aromatic heterocycles. The van der Waals surface area contributed by atoms with Gasteiger partial charge in [-0.25, -0.2) is 4.98 Å². The van der Waals surface area contributed by atoms with Gasteiger partial charge in [-0.3, -0.25) is 4.79 Å². The number of aryl methyl sites for hydroxylation is 1. The fourth-order valence-electron chi connectivity index (χ4n) is 2.68. The lowest BCUT2D eigenvalue weighted by Gasteiger charge is -2.12. The number of carbonyl (C=O) groups excluding carboxylic acids is 1. The molecule has 4 nitrogen and oxygen atoms in total. The summed E-state index contributed by atoms with van der Waals surface area (Å²) in [6.07, 6.45) is 4.63. The predicted octanol–water partition coefficient (Wildman–Crippen LogP) is 2.86. The summed E-state index contributed by atoms with van der Waals surface area (Å²) in [5.41, 5.74) is 8.34. The maximum Gasteiger partial charge on any atom is 0.251 e. The first-order valence-corrected chi connectivity index (χ1v) is 7.42. The SMILES string of the molecule is Cc1cc(C(=O)NC2CCCC2)cc2sc(N)nc12. The van der Waals surface area contributed by atoms with Crippen LogP contribution in [0.1, 0.15) is 41.6 Å². The van der Waals surface area contributed by atoms with Crippen molar-refractivity contribution in [2.24, 2.45) is 0 Å². The summed E-state index contributed by atoms with van der Waals surface area (Å²) in [5.74, 6) is 0.0175. The Morgan fingerprint density at radius 1 is 1.42 bits per heavy atom. The van der Waals surface area contributed by atoms with Crippen molar-refractivity contribution in [2.45, 2.75) is 38.6 Å². The Kier molecular flexibility index (Phi) is 3.14. The lowest BCUT2D eigenvalue weighted by atomic mass is 10.1. The average Bonchev–Trinajstić information content (AvgIpc) is 2.97. The van der Waals surface area contributed by atoms with Crippen molar-refractivity contribution >= 4 is 32.6 Å². The zero-order chi connectivity index (χ0) is 13.4. The smallest absolute Gasteiger partial charge is 0.251 e. The van der Waals surface area contributed by atoms with E-state index in [0.29, 0.717) is 16.7 Å². The molecule has 0 saturated heterocycles. The highest BCUT2D eigenvalue weighted by atomic mass is 32.1. The van der Waals surface area contributed by atoms with Crippen LogP contribution in [0.5, 0.6) is 0 Å². The highest BCUT2D eigenvalue weighted by molar-refractivity contribution is 7.22. The second kappa shape index (κ2) is 4.81. The third-order valence-corrected chi connectivity index (χ3v) is 4.49. The van der Waals surface area contributed by atoms with Gasteiger partial charge in [0.25, 0.3) is 5.91 Å². The number of nitrogen functional groups attached to an aromatic ring is 1. The molecule has 100 valence electrons. The molecule has 19 heavy (non-hydrogen) atoms. The number of carbonyl (C=O) groups is 1. The minimum absolute atomic E-state index is 0.0175. The molecule has 0 atom stereocenters. The highest BCUT2D eigenvalue weighted by Gasteiger charge is 2.19. The number of hydrogen-bond acceptors (Lipinski definition) is 4. The van der Waals surface area contributed by atoms with Gasteiger partial charge >= 0.3 is 0 Å². The van der Waals surface area contributed by atoms with Crippen LogP contribution in [0.25, 0.3) is 10.2 Å². The summed E-state index contributed by atoms with van der Waals surface area (Å²) in [4.78, 5) is 16.5. The number of nitrogens with zero attached hydrogens (tertiary/aromatic N) is 1. The van der Waals surface area contributed by atoms with E-state index in [1.54, 1.807) is 0 Å². The lowest BCUT2D eigenvalue weighted by Crippen LogP contribution is -2.32. The Balaban J connectivity index is 1.89. The Morgan fingerprint density at radius 3 is 2.89 bits per heavy atom. The van der Waals surface area contributed by atoms with Crippen molar-refractivity contribution < 1.29 is 4.79 Å². The van der Waals surface area contributed by atoms with E-state index in [0.717, 1.165) is 28.6 Å². The van der Waals surface area contributed by atoms with Gasteiger partial charge in [0.15, 0.2) is 5.13 Å². The van der Waals surface area contributed by atoms with E-state index in [1.165, 1.54) is 24.2 Å². The molecule has 3 rings (SSSR count). The van der Waals surface area contributed by atoms with E-state index in [-0.39, 0.29) is 5.91 Å². The maximum absolute atomic E-state index is 12.2. The number of amides is 1. The molecule has 0 spiro atoms. The van der Waals surface area contributed by atoms with Gasteiger partial charge in [0.05, 0.1) is 10.2 Å². The third kappa shape index (κ3) is 2.42. The zero-order valence-electron chi connectivity index (χ0n) is 10.9. The molecule has 1 amide bonds. The van der Waals surface area contributed by atoms with Gasteiger partial charge < -0.3 is 11.1 Å². The van der Waals surface area contributed by atoms with Crippen LogP contribution in [0.4, 0.5) is 5.13 Å². The predicted molar refractivity (Wildman–Crippen MR) is 78.5 cm³/mol. The summed E-state index contributed by atoms with van der Waals surface area (Å²) < 4.78 is 0.981. The van der Waals surface area contributed by atoms with Crippen molar-refractivity contribution in [1.29, 1.82) is 0 Å². The van der Waals surface area contributed by atoms with E-state index >= 15 is 0 Å². The molecule has 1 fully saturated rings. The van der Waals surface area contributed by atoms with Crippen molar-refractivity contribution in [1.82, 2.24) is 10.3 Å². The fourth-order valence-corrected chi connectivity index (χ4v) is 3.54. The minimum atomic E-state index is 0.0175. The fraction of sp³-hybridized carbons (Fsp3) is 0.429. The number of nitrogens with two attached hydrogens (primary N) is 1. The molecule has 3 N–H and O–H groups in total. The molecule has 2 aromatic rings. The van der Waals surface area contributed by atoms with Gasteiger partial charge in [0.1, 0.15) is 0 Å². The monoisotopic (exact) mass is 275 g/mol. The number of benzene rings is 1. The van der Waals surface area contributed by atoms with Crippen molar-refractivity contribution in [3.8, 4) is 0 Å². The molecule has 0 radical (unpaired) electrons. The van der Waals surface area contributed by atoms with Gasteiger partial charge in [-0.2, -0.15) is 0 Å². The second-order valence-corrected chi connectivity index (χ2v) is 6.21. The van der Waals surface area contributed by atoms with E-state index in [4.69, 9.17) is 5.73 Å². The van der Waals surface area contributed by atoms with Gasteiger partial charge in [0.2, 0.25) is 0 Å². The van der Waals surface area contributed by atoms with Crippen LogP contribution in [-0.4, -0.2) is 16.9 Å². The standard InChI is InChI=1S/C14H17N3OS/c1-8-6-9(7-11-12(8)17-14(15)19-11)13(18)16-10-4-2-3-5-10/h6-7,10H,2-5H2,1H3,(H2,15,17)(H,16,18). The first kappa shape index (κ1) is 12.4. The van der Waals surface area contributed by atoms with Crippen LogP contribution in [0.2, 0.25) is 0 Å². The van der Waals surface area contributed by atoms with Crippen LogP contribution in [-0.2, 0) is 0 Å². The van der Waals surface area contributed by atoms with Crippen molar-refractivity contribution in [3.05, 3.63) is 23.3 Å². The molecule has 1 aliphatic rings. The second-order valence-electron chi connectivity index (χ2n) is 5.15. The summed E-state index contributed by atoms with van der Waals surface area (Å²) in [7, 11) is 0. The number of aromatic nitrogens is 1. The van der Waals surface area contributed by atoms with Gasteiger partial charge in [-0.05, 0) is 37.5 Å². The van der Waals surface area contributed by atoms with E-state index < -0.39 is 0 Å². The maximum atomic E-state index is 12.2. The summed E-state index contributed by atoms with van der Waals surface area (Å²) in [5, 5.41) is 3.66. The Labute approximate surface area is 116 Å². The Hall–Kier alpha value is -1.62. The summed E-state index contributed by atoms with van der Waals surface area (Å²) >= 11 is 1.43. The number of rotatable bonds is 2. The summed E-state index contributed by atoms with van der Waals surface area (Å²) in [6, 6.07) is 4.13. The van der Waals surface area contributed by atoms with Crippen LogP contribution in [0, 0.1) is 6.92 Å².